The van der Waals surface area contributed by atoms with Gasteiger partial charge in [-0.1, -0.05) is 12.1 Å². The molecule has 0 atom stereocenters. The molecule has 2 heterocycles. The van der Waals surface area contributed by atoms with Gasteiger partial charge < -0.3 is 10.1 Å². The summed E-state index contributed by atoms with van der Waals surface area (Å²) >= 11 is 0. The van der Waals surface area contributed by atoms with Gasteiger partial charge in [-0.05, 0) is 83.1 Å². The molecule has 6 nitrogen and oxygen atoms in total. The number of aromatic nitrogens is 3. The van der Waals surface area contributed by atoms with E-state index in [2.05, 4.69) is 26.1 Å². The van der Waals surface area contributed by atoms with Crippen molar-refractivity contribution in [3.63, 3.8) is 0 Å². The summed E-state index contributed by atoms with van der Waals surface area (Å²) < 4.78 is 7.77. The van der Waals surface area contributed by atoms with Crippen LogP contribution in [0.4, 0.5) is 5.69 Å². The van der Waals surface area contributed by atoms with Gasteiger partial charge in [-0.25, -0.2) is 9.67 Å². The molecule has 2 saturated carbocycles. The standard InChI is InChI=1S/C26H32N4O2/c1-16-23-21(13-22(19-10-11-19)28-24(23)30(29-16)26(2,3)4)25(31)27-20-7-5-6-18(12-20)15-32-14-17-8-9-17/h5-7,12-13,17,19H,8-11,14-15H2,1-4H3,(H,27,31). The van der Waals surface area contributed by atoms with Crippen molar-refractivity contribution in [3.8, 4) is 0 Å². The lowest BCUT2D eigenvalue weighted by Gasteiger charge is -2.20. The number of benzene rings is 1. The summed E-state index contributed by atoms with van der Waals surface area (Å²) in [6.45, 7) is 9.69. The number of amides is 1. The number of hydrogen-bond donors (Lipinski definition) is 1. The van der Waals surface area contributed by atoms with Crippen LogP contribution >= 0.6 is 0 Å². The first-order valence-electron chi connectivity index (χ1n) is 11.7. The van der Waals surface area contributed by atoms with Gasteiger partial charge in [0, 0.05) is 23.9 Å². The summed E-state index contributed by atoms with van der Waals surface area (Å²) in [6.07, 6.45) is 4.82. The summed E-state index contributed by atoms with van der Waals surface area (Å²) in [4.78, 5) is 18.4. The Labute approximate surface area is 189 Å². The predicted molar refractivity (Wildman–Crippen MR) is 126 cm³/mol. The minimum Gasteiger partial charge on any atom is -0.376 e. The lowest BCUT2D eigenvalue weighted by molar-refractivity contribution is 0.102. The fraction of sp³-hybridized carbons (Fsp3) is 0.500. The van der Waals surface area contributed by atoms with E-state index in [0.717, 1.165) is 59.0 Å². The largest absolute Gasteiger partial charge is 0.376 e. The van der Waals surface area contributed by atoms with Gasteiger partial charge in [0.05, 0.1) is 28.8 Å². The van der Waals surface area contributed by atoms with Crippen LogP contribution in [-0.2, 0) is 16.9 Å². The van der Waals surface area contributed by atoms with Crippen LogP contribution in [0.3, 0.4) is 0 Å². The van der Waals surface area contributed by atoms with E-state index in [1.54, 1.807) is 0 Å². The normalized spacial score (nSPS) is 16.5. The molecule has 0 saturated heterocycles. The van der Waals surface area contributed by atoms with E-state index in [9.17, 15) is 4.79 Å². The fourth-order valence-electron chi connectivity index (χ4n) is 4.11. The van der Waals surface area contributed by atoms with Crippen molar-refractivity contribution in [2.45, 2.75) is 71.4 Å². The first-order chi connectivity index (χ1) is 15.3. The van der Waals surface area contributed by atoms with Gasteiger partial charge in [0.2, 0.25) is 0 Å². The lowest BCUT2D eigenvalue weighted by Crippen LogP contribution is -2.23. The Bertz CT molecular complexity index is 1170. The maximum absolute atomic E-state index is 13.5. The molecule has 1 amide bonds. The van der Waals surface area contributed by atoms with Gasteiger partial charge in [-0.15, -0.1) is 0 Å². The zero-order chi connectivity index (χ0) is 22.5. The molecular weight excluding hydrogens is 400 g/mol. The Morgan fingerprint density at radius 3 is 2.66 bits per heavy atom. The Morgan fingerprint density at radius 1 is 1.19 bits per heavy atom. The number of hydrogen-bond acceptors (Lipinski definition) is 4. The van der Waals surface area contributed by atoms with E-state index in [4.69, 9.17) is 14.8 Å². The van der Waals surface area contributed by atoms with Crippen molar-refractivity contribution in [1.82, 2.24) is 14.8 Å². The lowest BCUT2D eigenvalue weighted by atomic mass is 10.1. The predicted octanol–water partition coefficient (Wildman–Crippen LogP) is 5.55. The van der Waals surface area contributed by atoms with Gasteiger partial charge >= 0.3 is 0 Å². The van der Waals surface area contributed by atoms with Crippen molar-refractivity contribution in [2.75, 3.05) is 11.9 Å². The summed E-state index contributed by atoms with van der Waals surface area (Å²) in [6, 6.07) is 9.89. The monoisotopic (exact) mass is 432 g/mol. The van der Waals surface area contributed by atoms with E-state index in [1.807, 2.05) is 41.9 Å². The Balaban J connectivity index is 1.45. The Hall–Kier alpha value is -2.73. The average Bonchev–Trinajstić information content (AvgIpc) is 3.65. The fourth-order valence-corrected chi connectivity index (χ4v) is 4.11. The number of carbonyl (C=O) groups excluding carboxylic acids is 1. The second kappa shape index (κ2) is 8.00. The summed E-state index contributed by atoms with van der Waals surface area (Å²) in [5, 5.41) is 8.70. The van der Waals surface area contributed by atoms with Crippen LogP contribution in [0.2, 0.25) is 0 Å². The molecule has 1 N–H and O–H groups in total. The smallest absolute Gasteiger partial charge is 0.256 e. The molecule has 0 aliphatic heterocycles. The molecular formula is C26H32N4O2. The highest BCUT2D eigenvalue weighted by atomic mass is 16.5. The molecule has 3 aromatic rings. The van der Waals surface area contributed by atoms with E-state index in [1.165, 1.54) is 12.8 Å². The maximum atomic E-state index is 13.5. The number of pyridine rings is 1. The quantitative estimate of drug-likeness (QED) is 0.531. The molecule has 5 rings (SSSR count). The number of aryl methyl sites for hydroxylation is 1. The molecule has 2 aromatic heterocycles. The third-order valence-electron chi connectivity index (χ3n) is 6.21. The van der Waals surface area contributed by atoms with Crippen molar-refractivity contribution in [3.05, 3.63) is 52.8 Å². The van der Waals surface area contributed by atoms with Gasteiger partial charge in [-0.3, -0.25) is 4.79 Å². The topological polar surface area (TPSA) is 69.0 Å². The van der Waals surface area contributed by atoms with Crippen LogP contribution < -0.4 is 5.32 Å². The SMILES string of the molecule is Cc1nn(C(C)(C)C)c2nc(C3CC3)cc(C(=O)Nc3cccc(COCC4CC4)c3)c12. The number of nitrogens with zero attached hydrogens (tertiary/aromatic N) is 3. The van der Waals surface area contributed by atoms with Crippen LogP contribution in [0.1, 0.15) is 79.7 Å². The second-order valence-electron chi connectivity index (χ2n) is 10.3. The molecule has 168 valence electrons. The van der Waals surface area contributed by atoms with Gasteiger partial charge in [-0.2, -0.15) is 5.10 Å². The number of carbonyl (C=O) groups is 1. The van der Waals surface area contributed by atoms with E-state index in [-0.39, 0.29) is 11.4 Å². The van der Waals surface area contributed by atoms with Crippen LogP contribution in [0, 0.1) is 12.8 Å². The van der Waals surface area contributed by atoms with Gasteiger partial charge in [0.25, 0.3) is 5.91 Å². The molecule has 0 spiro atoms. The third kappa shape index (κ3) is 4.42. The molecule has 2 aliphatic rings. The van der Waals surface area contributed by atoms with Crippen LogP contribution in [0.25, 0.3) is 11.0 Å². The maximum Gasteiger partial charge on any atom is 0.256 e. The average molecular weight is 433 g/mol. The second-order valence-corrected chi connectivity index (χ2v) is 10.3. The molecule has 1 aromatic carbocycles. The zero-order valence-corrected chi connectivity index (χ0v) is 19.4. The number of rotatable bonds is 7. The van der Waals surface area contributed by atoms with Gasteiger partial charge in [0.15, 0.2) is 5.65 Å². The number of nitrogens with one attached hydrogen (secondary N) is 1. The zero-order valence-electron chi connectivity index (χ0n) is 19.4. The number of ether oxygens (including phenoxy) is 1. The van der Waals surface area contributed by atoms with Crippen molar-refractivity contribution < 1.29 is 9.53 Å². The summed E-state index contributed by atoms with van der Waals surface area (Å²) in [5.41, 5.74) is 4.91. The van der Waals surface area contributed by atoms with Crippen molar-refractivity contribution in [1.29, 1.82) is 0 Å². The van der Waals surface area contributed by atoms with Crippen LogP contribution in [-0.4, -0.2) is 27.3 Å². The molecule has 0 bridgehead atoms. The van der Waals surface area contributed by atoms with Crippen LogP contribution in [0.15, 0.2) is 30.3 Å². The Kier molecular flexibility index (Phi) is 5.28. The van der Waals surface area contributed by atoms with Crippen LogP contribution in [0.5, 0.6) is 0 Å². The van der Waals surface area contributed by atoms with E-state index in [0.29, 0.717) is 18.1 Å². The third-order valence-corrected chi connectivity index (χ3v) is 6.21. The van der Waals surface area contributed by atoms with E-state index >= 15 is 0 Å². The molecule has 0 unspecified atom stereocenters. The first kappa shape index (κ1) is 21.1. The summed E-state index contributed by atoms with van der Waals surface area (Å²) in [7, 11) is 0. The molecule has 2 aliphatic carbocycles. The Morgan fingerprint density at radius 2 is 1.97 bits per heavy atom. The highest BCUT2D eigenvalue weighted by molar-refractivity contribution is 6.12. The highest BCUT2D eigenvalue weighted by Crippen LogP contribution is 2.41. The minimum atomic E-state index is -0.218. The summed E-state index contributed by atoms with van der Waals surface area (Å²) in [5.74, 6) is 1.07. The van der Waals surface area contributed by atoms with Crippen molar-refractivity contribution in [2.24, 2.45) is 5.92 Å². The molecule has 0 radical (unpaired) electrons. The van der Waals surface area contributed by atoms with E-state index < -0.39 is 0 Å². The van der Waals surface area contributed by atoms with Crippen molar-refractivity contribution >= 4 is 22.6 Å². The van der Waals surface area contributed by atoms with Gasteiger partial charge in [0.1, 0.15) is 0 Å². The molecule has 2 fully saturated rings. The molecule has 6 heteroatoms. The number of anilines is 1. The minimum absolute atomic E-state index is 0.119. The molecule has 32 heavy (non-hydrogen) atoms. The highest BCUT2D eigenvalue weighted by Gasteiger charge is 2.30. The first-order valence-corrected chi connectivity index (χ1v) is 11.7. The number of fused-ring (bicyclic) bond motifs is 1.